The van der Waals surface area contributed by atoms with E-state index in [9.17, 15) is 0 Å². The lowest BCUT2D eigenvalue weighted by molar-refractivity contribution is 0.291. The molecule has 5 aromatic carbocycles. The van der Waals surface area contributed by atoms with E-state index >= 15 is 0 Å². The topological polar surface area (TPSA) is 12.5 Å². The summed E-state index contributed by atoms with van der Waals surface area (Å²) in [6, 6.07) is 42.8. The first-order valence-electron chi connectivity index (χ1n) is 27.5. The van der Waals surface area contributed by atoms with Crippen LogP contribution in [0.25, 0.3) is 5.57 Å². The summed E-state index contributed by atoms with van der Waals surface area (Å²) >= 11 is 0. The molecule has 73 heavy (non-hydrogen) atoms. The van der Waals surface area contributed by atoms with Gasteiger partial charge in [0.15, 0.2) is 0 Å². The normalized spacial score (nSPS) is 22.0. The lowest BCUT2D eigenvalue weighted by Gasteiger charge is -2.41. The van der Waals surface area contributed by atoms with Crippen molar-refractivity contribution < 1.29 is 4.74 Å². The number of benzene rings is 5. The lowest BCUT2D eigenvalue weighted by atomic mass is 9.30. The highest BCUT2D eigenvalue weighted by Crippen LogP contribution is 2.56. The van der Waals surface area contributed by atoms with Crippen LogP contribution in [0.3, 0.4) is 0 Å². The maximum absolute atomic E-state index is 7.29. The number of fused-ring (bicyclic) bond motifs is 6. The van der Waals surface area contributed by atoms with Crippen LogP contribution < -0.4 is 20.6 Å². The Bertz CT molecular complexity index is 3180. The van der Waals surface area contributed by atoms with Crippen molar-refractivity contribution in [2.24, 2.45) is 28.1 Å². The maximum Gasteiger partial charge on any atom is 0.241 e. The van der Waals surface area contributed by atoms with Crippen LogP contribution in [0.1, 0.15) is 161 Å². The largest absolute Gasteiger partial charge is 0.460 e. The highest BCUT2D eigenvalue weighted by atomic mass is 16.5. The fourth-order valence-electron chi connectivity index (χ4n) is 13.1. The molecular formula is C70H78BNO. The lowest BCUT2D eigenvalue weighted by Crippen LogP contribution is -2.51. The minimum atomic E-state index is -0.0519. The van der Waals surface area contributed by atoms with Crippen LogP contribution in [-0.4, -0.2) is 6.71 Å². The van der Waals surface area contributed by atoms with Gasteiger partial charge < -0.3 is 9.64 Å². The molecule has 5 aromatic rings. The van der Waals surface area contributed by atoms with Gasteiger partial charge in [-0.25, -0.2) is 0 Å². The first-order chi connectivity index (χ1) is 34.5. The van der Waals surface area contributed by atoms with Crippen LogP contribution in [0.2, 0.25) is 0 Å². The number of anilines is 3. The number of rotatable bonds is 6. The minimum Gasteiger partial charge on any atom is -0.460 e. The minimum absolute atomic E-state index is 0.0257. The molecule has 4 unspecified atom stereocenters. The first-order valence-corrected chi connectivity index (χ1v) is 27.5. The summed E-state index contributed by atoms with van der Waals surface area (Å²) in [5.41, 5.74) is 21.5. The number of hydrogen-bond acceptors (Lipinski definition) is 2. The number of hydrogen-bond donors (Lipinski definition) is 0. The van der Waals surface area contributed by atoms with E-state index in [1.165, 1.54) is 72.1 Å². The highest BCUT2D eigenvalue weighted by Gasteiger charge is 2.46. The van der Waals surface area contributed by atoms with E-state index in [0.717, 1.165) is 47.8 Å². The van der Waals surface area contributed by atoms with E-state index in [2.05, 4.69) is 260 Å². The third-order valence-corrected chi connectivity index (χ3v) is 17.6. The van der Waals surface area contributed by atoms with E-state index < -0.39 is 0 Å². The summed E-state index contributed by atoms with van der Waals surface area (Å²) in [5.74, 6) is 3.18. The molecule has 0 fully saturated rings. The molecule has 0 amide bonds. The Balaban J connectivity index is 1.15. The fourth-order valence-corrected chi connectivity index (χ4v) is 13.1. The molecule has 0 bridgehead atoms. The van der Waals surface area contributed by atoms with E-state index in [4.69, 9.17) is 4.74 Å². The molecule has 6 aliphatic rings. The Kier molecular flexibility index (Phi) is 11.8. The predicted octanol–water partition coefficient (Wildman–Crippen LogP) is 17.6. The fraction of sp³-hybridized carbons (Fsp3) is 0.371. The zero-order valence-corrected chi connectivity index (χ0v) is 46.4. The van der Waals surface area contributed by atoms with Gasteiger partial charge >= 0.3 is 0 Å². The highest BCUT2D eigenvalue weighted by molar-refractivity contribution is 6.92. The van der Waals surface area contributed by atoms with Crippen molar-refractivity contribution in [2.45, 2.75) is 139 Å². The van der Waals surface area contributed by atoms with Crippen LogP contribution in [0.4, 0.5) is 17.1 Å². The molecule has 0 spiro atoms. The monoisotopic (exact) mass is 960 g/mol. The van der Waals surface area contributed by atoms with E-state index in [-0.39, 0.29) is 45.6 Å². The third kappa shape index (κ3) is 8.71. The van der Waals surface area contributed by atoms with Gasteiger partial charge in [-0.2, -0.15) is 0 Å². The van der Waals surface area contributed by atoms with E-state index in [0.29, 0.717) is 11.8 Å². The van der Waals surface area contributed by atoms with Gasteiger partial charge in [0.05, 0.1) is 0 Å². The Morgan fingerprint density at radius 3 is 1.89 bits per heavy atom. The smallest absolute Gasteiger partial charge is 0.241 e. The summed E-state index contributed by atoms with van der Waals surface area (Å²) in [4.78, 5) is 2.49. The summed E-state index contributed by atoms with van der Waals surface area (Å²) in [7, 11) is 0. The van der Waals surface area contributed by atoms with Gasteiger partial charge in [0.1, 0.15) is 11.5 Å². The average Bonchev–Trinajstić information content (AvgIpc) is 3.86. The summed E-state index contributed by atoms with van der Waals surface area (Å²) < 4.78 is 7.29. The quantitative estimate of drug-likeness (QED) is 0.157. The molecule has 2 aliphatic heterocycles. The zero-order chi connectivity index (χ0) is 51.6. The third-order valence-electron chi connectivity index (χ3n) is 17.6. The molecule has 372 valence electrons. The summed E-state index contributed by atoms with van der Waals surface area (Å²) in [5, 5.41) is 0. The second-order valence-electron chi connectivity index (χ2n) is 27.0. The molecule has 0 aromatic heterocycles. The van der Waals surface area contributed by atoms with Crippen molar-refractivity contribution in [1.82, 2.24) is 0 Å². The van der Waals surface area contributed by atoms with Crippen LogP contribution in [0.5, 0.6) is 5.75 Å². The van der Waals surface area contributed by atoms with Gasteiger partial charge in [-0.1, -0.05) is 229 Å². The number of ether oxygens (including phenoxy) is 1. The van der Waals surface area contributed by atoms with Crippen LogP contribution in [0.15, 0.2) is 186 Å². The standard InChI is InChI=1S/C70H78BNO/c1-66(2,3)46-25-31-51(32-26-46)72(52-33-27-47(28-34-52)67(4,5)6)53-35-38-62-58(43-53)64(56-23-18-22-55-54-36-29-49(69(10,11)12)42-63(54)73-65(55)56)57-41-48(68(7,8)9)30-37-61(57)71(62)50-21-17-20-44(39-50)60-40-45-19-15-16-24-59(45)70(60,13)14/h15-23,25-29,31-35,37-43,48,54,59,64H,24,30,36H2,1-14H3. The predicted molar refractivity (Wildman–Crippen MR) is 313 cm³/mol. The van der Waals surface area contributed by atoms with Crippen molar-refractivity contribution in [1.29, 1.82) is 0 Å². The van der Waals surface area contributed by atoms with Crippen LogP contribution >= 0.6 is 0 Å². The van der Waals surface area contributed by atoms with Gasteiger partial charge in [0, 0.05) is 40.0 Å². The summed E-state index contributed by atoms with van der Waals surface area (Å²) in [6.07, 6.45) is 22.7. The van der Waals surface area contributed by atoms with Gasteiger partial charge in [-0.3, -0.25) is 0 Å². The molecule has 3 heteroatoms. The number of nitrogens with zero attached hydrogens (tertiary/aromatic N) is 1. The molecule has 4 aliphatic carbocycles. The van der Waals surface area contributed by atoms with Crippen LogP contribution in [-0.2, 0) is 10.8 Å². The Morgan fingerprint density at radius 2 is 1.26 bits per heavy atom. The Hall–Kier alpha value is -6.06. The Morgan fingerprint density at radius 1 is 0.616 bits per heavy atom. The molecule has 0 saturated heterocycles. The molecule has 0 saturated carbocycles. The molecule has 2 nitrogen and oxygen atoms in total. The zero-order valence-electron chi connectivity index (χ0n) is 46.4. The average molecular weight is 960 g/mol. The van der Waals surface area contributed by atoms with Gasteiger partial charge in [-0.05, 0) is 145 Å². The van der Waals surface area contributed by atoms with E-state index in [1.54, 1.807) is 0 Å². The molecule has 0 radical (unpaired) electrons. The number of para-hydroxylation sites is 1. The van der Waals surface area contributed by atoms with Gasteiger partial charge in [0.25, 0.3) is 0 Å². The van der Waals surface area contributed by atoms with Gasteiger partial charge in [-0.15, -0.1) is 0 Å². The van der Waals surface area contributed by atoms with Crippen molar-refractivity contribution in [3.05, 3.63) is 219 Å². The van der Waals surface area contributed by atoms with Crippen molar-refractivity contribution in [3.63, 3.8) is 0 Å². The molecule has 2 heterocycles. The van der Waals surface area contributed by atoms with Gasteiger partial charge in [0.2, 0.25) is 6.71 Å². The SMILES string of the molecule is CC(C)(C)C1=CCC2C(=C1)Oc1c2cccc1C1C2=CC(C(C)(C)C)CC=C2B(c2cccc(C3=CC4=CC=CCC4C3(C)C)c2)c2ccc(N(c3ccc(C(C)(C)C)cc3)c3ccc(C(C)(C)C)cc3)cc21. The molecule has 4 atom stereocenters. The van der Waals surface area contributed by atoms with Crippen molar-refractivity contribution in [3.8, 4) is 5.75 Å². The molecular weight excluding hydrogens is 882 g/mol. The summed E-state index contributed by atoms with van der Waals surface area (Å²) in [6.45, 7) is 33.0. The second-order valence-corrected chi connectivity index (χ2v) is 27.0. The number of allylic oxidation sites excluding steroid dienone is 14. The second kappa shape index (κ2) is 17.5. The van der Waals surface area contributed by atoms with Crippen molar-refractivity contribution in [2.75, 3.05) is 4.90 Å². The van der Waals surface area contributed by atoms with Crippen LogP contribution in [0, 0.1) is 28.1 Å². The first kappa shape index (κ1) is 49.2. The maximum atomic E-state index is 7.29. The molecule has 11 rings (SSSR count). The molecule has 0 N–H and O–H groups in total. The van der Waals surface area contributed by atoms with Crippen molar-refractivity contribution >= 4 is 40.3 Å². The van der Waals surface area contributed by atoms with E-state index in [1.807, 2.05) is 0 Å². The Labute approximate surface area is 439 Å².